The van der Waals surface area contributed by atoms with Gasteiger partial charge in [-0.3, -0.25) is 0 Å². The van der Waals surface area contributed by atoms with E-state index in [2.05, 4.69) is 48.9 Å². The fraction of sp³-hybridized carbons (Fsp3) is 0.200. The molecule has 6 nitrogen and oxygen atoms in total. The van der Waals surface area contributed by atoms with E-state index in [0.29, 0.717) is 36.0 Å². The zero-order chi connectivity index (χ0) is 34.7. The Balaban J connectivity index is 1.21. The molecule has 3 aliphatic rings. The number of benzene rings is 4. The Morgan fingerprint density at radius 3 is 1.22 bits per heavy atom. The Labute approximate surface area is 301 Å². The number of thiophene rings is 2. The summed E-state index contributed by atoms with van der Waals surface area (Å²) in [6.45, 7) is 9.34. The minimum absolute atomic E-state index is 0.299. The van der Waals surface area contributed by atoms with Gasteiger partial charge in [0, 0.05) is 58.2 Å². The van der Waals surface area contributed by atoms with Gasteiger partial charge in [0.05, 0.1) is 9.79 Å². The SMILES string of the molecule is Cc1ccc(S(=O)(=O)N2Cc3c(C)cc4c(c3C2)-c2ccsc2-c2cc(C)c3c(c2-c2ccsc2-4)CN(S(=O)(=O)c2ccc(C)cc2)C3)cc1. The van der Waals surface area contributed by atoms with Crippen LogP contribution in [0, 0.1) is 27.7 Å². The fourth-order valence-electron chi connectivity index (χ4n) is 7.92. The van der Waals surface area contributed by atoms with E-state index in [-0.39, 0.29) is 0 Å². The molecule has 2 aliphatic heterocycles. The zero-order valence-electron chi connectivity index (χ0n) is 28.1. The predicted molar refractivity (Wildman–Crippen MR) is 202 cm³/mol. The molecule has 9 rings (SSSR count). The van der Waals surface area contributed by atoms with E-state index in [9.17, 15) is 16.8 Å². The number of hydrogen-bond acceptors (Lipinski definition) is 6. The molecule has 0 spiro atoms. The van der Waals surface area contributed by atoms with E-state index in [0.717, 1.165) is 87.6 Å². The maximum atomic E-state index is 14.0. The van der Waals surface area contributed by atoms with Gasteiger partial charge in [-0.1, -0.05) is 35.4 Å². The van der Waals surface area contributed by atoms with Crippen LogP contribution in [0.15, 0.2) is 93.3 Å². The van der Waals surface area contributed by atoms with Crippen LogP contribution < -0.4 is 0 Å². The average molecular weight is 735 g/mol. The summed E-state index contributed by atoms with van der Waals surface area (Å²) in [5.41, 5.74) is 15.0. The van der Waals surface area contributed by atoms with Gasteiger partial charge in [-0.25, -0.2) is 16.8 Å². The molecule has 50 heavy (non-hydrogen) atoms. The Hall–Kier alpha value is -3.90. The van der Waals surface area contributed by atoms with E-state index in [4.69, 9.17) is 0 Å². The van der Waals surface area contributed by atoms with Crippen LogP contribution in [0.2, 0.25) is 0 Å². The molecule has 4 heterocycles. The summed E-state index contributed by atoms with van der Waals surface area (Å²) in [5, 5.41) is 4.24. The number of nitrogens with zero attached hydrogens (tertiary/aromatic N) is 2. The minimum atomic E-state index is -3.71. The van der Waals surface area contributed by atoms with E-state index in [1.807, 2.05) is 38.1 Å². The molecule has 0 atom stereocenters. The molecule has 6 aromatic rings. The van der Waals surface area contributed by atoms with Crippen LogP contribution in [0.3, 0.4) is 0 Å². The second-order valence-electron chi connectivity index (χ2n) is 13.6. The van der Waals surface area contributed by atoms with Crippen molar-refractivity contribution in [2.24, 2.45) is 0 Å². The highest BCUT2D eigenvalue weighted by molar-refractivity contribution is 7.89. The van der Waals surface area contributed by atoms with Crippen LogP contribution in [0.1, 0.15) is 44.5 Å². The lowest BCUT2D eigenvalue weighted by Gasteiger charge is -2.24. The molecule has 0 radical (unpaired) electrons. The Kier molecular flexibility index (Phi) is 7.24. The first-order valence-corrected chi connectivity index (χ1v) is 21.2. The van der Waals surface area contributed by atoms with E-state index in [1.165, 1.54) is 0 Å². The topological polar surface area (TPSA) is 74.8 Å². The molecule has 2 aromatic heterocycles. The number of sulfonamides is 2. The fourth-order valence-corrected chi connectivity index (χ4v) is 12.5. The van der Waals surface area contributed by atoms with Gasteiger partial charge in [0.15, 0.2) is 0 Å². The molecule has 0 saturated carbocycles. The predicted octanol–water partition coefficient (Wildman–Crippen LogP) is 9.43. The monoisotopic (exact) mass is 734 g/mol. The molecule has 10 heteroatoms. The molecule has 0 saturated heterocycles. The molecule has 252 valence electrons. The first-order valence-electron chi connectivity index (χ1n) is 16.5. The largest absolute Gasteiger partial charge is 0.243 e. The molecular weight excluding hydrogens is 701 g/mol. The molecule has 0 amide bonds. The Bertz CT molecular complexity index is 2430. The van der Waals surface area contributed by atoms with E-state index >= 15 is 0 Å². The van der Waals surface area contributed by atoms with Crippen molar-refractivity contribution in [3.05, 3.63) is 128 Å². The molecule has 0 unspecified atom stereocenters. The summed E-state index contributed by atoms with van der Waals surface area (Å²) < 4.78 is 59.1. The van der Waals surface area contributed by atoms with Crippen LogP contribution >= 0.6 is 22.7 Å². The smallest absolute Gasteiger partial charge is 0.207 e. The highest BCUT2D eigenvalue weighted by Gasteiger charge is 2.39. The highest BCUT2D eigenvalue weighted by atomic mass is 32.2. The lowest BCUT2D eigenvalue weighted by atomic mass is 9.81. The summed E-state index contributed by atoms with van der Waals surface area (Å²) in [7, 11) is -7.42. The number of aryl methyl sites for hydroxylation is 4. The quantitative estimate of drug-likeness (QED) is 0.181. The normalized spacial score (nSPS) is 15.4. The minimum Gasteiger partial charge on any atom is -0.207 e. The second-order valence-corrected chi connectivity index (χ2v) is 19.4. The van der Waals surface area contributed by atoms with Crippen LogP contribution in [0.4, 0.5) is 0 Å². The summed E-state index contributed by atoms with van der Waals surface area (Å²) in [4.78, 5) is 2.86. The van der Waals surface area contributed by atoms with Gasteiger partial charge in [-0.05, 0) is 131 Å². The standard InChI is InChI=1S/C40H34N2O4S4/c1-23-5-9-27(10-6-23)49(43,44)41-19-33-25(3)17-31-37(35(33)21-41)29-13-15-47-39(29)32-18-26(4)34-20-42(50(45,46)28-11-7-24(2)8-12-28)22-36(34)38(32)30-14-16-48-40(30)31/h5-18H,19-22H2,1-4H3. The third-order valence-corrected chi connectivity index (χ3v) is 16.1. The maximum Gasteiger partial charge on any atom is 0.243 e. The Morgan fingerprint density at radius 1 is 0.480 bits per heavy atom. The van der Waals surface area contributed by atoms with Crippen LogP contribution in [0.5, 0.6) is 0 Å². The van der Waals surface area contributed by atoms with Gasteiger partial charge in [0.1, 0.15) is 0 Å². The Morgan fingerprint density at radius 2 is 0.840 bits per heavy atom. The molecule has 0 bridgehead atoms. The lowest BCUT2D eigenvalue weighted by Crippen LogP contribution is -2.25. The van der Waals surface area contributed by atoms with Crippen molar-refractivity contribution in [2.45, 2.75) is 63.7 Å². The van der Waals surface area contributed by atoms with Crippen molar-refractivity contribution >= 4 is 42.7 Å². The first kappa shape index (κ1) is 32.0. The van der Waals surface area contributed by atoms with Crippen LogP contribution in [0.25, 0.3) is 43.1 Å². The third kappa shape index (κ3) is 4.69. The summed E-state index contributed by atoms with van der Waals surface area (Å²) >= 11 is 3.37. The van der Waals surface area contributed by atoms with Crippen molar-refractivity contribution in [3.8, 4) is 43.1 Å². The van der Waals surface area contributed by atoms with Crippen molar-refractivity contribution in [1.29, 1.82) is 0 Å². The van der Waals surface area contributed by atoms with Crippen molar-refractivity contribution in [1.82, 2.24) is 8.61 Å². The molecule has 1 aliphatic carbocycles. The number of hydrogen-bond donors (Lipinski definition) is 0. The van der Waals surface area contributed by atoms with Gasteiger partial charge in [0.25, 0.3) is 0 Å². The van der Waals surface area contributed by atoms with Gasteiger partial charge in [-0.2, -0.15) is 8.61 Å². The van der Waals surface area contributed by atoms with Gasteiger partial charge in [0.2, 0.25) is 20.0 Å². The van der Waals surface area contributed by atoms with E-state index < -0.39 is 20.0 Å². The number of fused-ring (bicyclic) bond motifs is 12. The van der Waals surface area contributed by atoms with Crippen LogP contribution in [-0.4, -0.2) is 25.4 Å². The van der Waals surface area contributed by atoms with Gasteiger partial charge >= 0.3 is 0 Å². The summed E-state index contributed by atoms with van der Waals surface area (Å²) in [6, 6.07) is 23.0. The molecule has 0 N–H and O–H groups in total. The molecule has 0 fully saturated rings. The second kappa shape index (κ2) is 11.3. The first-order chi connectivity index (χ1) is 23.9. The molecular formula is C40H34N2O4S4. The van der Waals surface area contributed by atoms with Crippen molar-refractivity contribution in [2.75, 3.05) is 0 Å². The highest BCUT2D eigenvalue weighted by Crippen LogP contribution is 2.56. The summed E-state index contributed by atoms with van der Waals surface area (Å²) in [5.74, 6) is 0. The lowest BCUT2D eigenvalue weighted by molar-refractivity contribution is 0.431. The average Bonchev–Trinajstić information content (AvgIpc) is 3.90. The maximum absolute atomic E-state index is 14.0. The van der Waals surface area contributed by atoms with Gasteiger partial charge in [-0.15, -0.1) is 22.7 Å². The van der Waals surface area contributed by atoms with Gasteiger partial charge < -0.3 is 0 Å². The third-order valence-electron chi connectivity index (χ3n) is 10.6. The zero-order valence-corrected chi connectivity index (χ0v) is 31.3. The molecule has 4 aromatic carbocycles. The number of rotatable bonds is 4. The van der Waals surface area contributed by atoms with Crippen molar-refractivity contribution < 1.29 is 16.8 Å². The summed E-state index contributed by atoms with van der Waals surface area (Å²) in [6.07, 6.45) is 0. The van der Waals surface area contributed by atoms with E-state index in [1.54, 1.807) is 55.5 Å². The van der Waals surface area contributed by atoms with Crippen LogP contribution in [-0.2, 0) is 46.2 Å². The van der Waals surface area contributed by atoms with Crippen molar-refractivity contribution in [3.63, 3.8) is 0 Å².